The minimum absolute atomic E-state index is 0.178. The molecule has 3 nitrogen and oxygen atoms in total. The normalized spacial score (nSPS) is 26.1. The van der Waals surface area contributed by atoms with Crippen molar-refractivity contribution < 1.29 is 13.2 Å². The topological polar surface area (TPSA) is 29.9 Å². The van der Waals surface area contributed by atoms with Gasteiger partial charge < -0.3 is 9.88 Å². The number of imidazole rings is 1. The molecular formula is C11H16F3N3. The molecule has 0 amide bonds. The number of piperidine rings is 1. The van der Waals surface area contributed by atoms with E-state index in [1.807, 2.05) is 6.92 Å². The van der Waals surface area contributed by atoms with Crippen LogP contribution in [0.3, 0.4) is 0 Å². The van der Waals surface area contributed by atoms with Crippen LogP contribution >= 0.6 is 0 Å². The Hall–Kier alpha value is -1.04. The summed E-state index contributed by atoms with van der Waals surface area (Å²) in [7, 11) is 0. The Balaban J connectivity index is 2.28. The average Bonchev–Trinajstić information content (AvgIpc) is 2.75. The number of nitrogens with zero attached hydrogens (tertiary/aromatic N) is 2. The fraction of sp³-hybridized carbons (Fsp3) is 0.727. The summed E-state index contributed by atoms with van der Waals surface area (Å²) in [5, 5.41) is 2.95. The molecule has 1 N–H and O–H groups in total. The highest BCUT2D eigenvalue weighted by molar-refractivity contribution is 5.04. The quantitative estimate of drug-likeness (QED) is 0.870. The van der Waals surface area contributed by atoms with E-state index in [0.29, 0.717) is 25.3 Å². The molecule has 17 heavy (non-hydrogen) atoms. The highest BCUT2D eigenvalue weighted by Crippen LogP contribution is 2.40. The third-order valence-electron chi connectivity index (χ3n) is 3.25. The molecule has 6 heteroatoms. The smallest absolute Gasteiger partial charge is 0.334 e. The summed E-state index contributed by atoms with van der Waals surface area (Å²) >= 11 is 0. The molecule has 2 heterocycles. The van der Waals surface area contributed by atoms with Gasteiger partial charge in [-0.3, -0.25) is 0 Å². The second kappa shape index (κ2) is 4.68. The van der Waals surface area contributed by atoms with E-state index in [0.717, 1.165) is 0 Å². The van der Waals surface area contributed by atoms with E-state index in [1.165, 1.54) is 0 Å². The lowest BCUT2D eigenvalue weighted by Gasteiger charge is -2.33. The van der Waals surface area contributed by atoms with Gasteiger partial charge >= 0.3 is 6.18 Å². The lowest BCUT2D eigenvalue weighted by Crippen LogP contribution is -2.42. The van der Waals surface area contributed by atoms with Crippen LogP contribution in [0.1, 0.15) is 31.6 Å². The predicted octanol–water partition coefficient (Wildman–Crippen LogP) is 2.51. The second-order valence-electron chi connectivity index (χ2n) is 4.29. The van der Waals surface area contributed by atoms with E-state index < -0.39 is 18.1 Å². The van der Waals surface area contributed by atoms with E-state index in [1.54, 1.807) is 17.0 Å². The zero-order valence-electron chi connectivity index (χ0n) is 9.67. The van der Waals surface area contributed by atoms with E-state index >= 15 is 0 Å². The molecule has 2 rings (SSSR count). The largest absolute Gasteiger partial charge is 0.393 e. The van der Waals surface area contributed by atoms with Crippen LogP contribution in [0.2, 0.25) is 0 Å². The average molecular weight is 247 g/mol. The number of rotatable bonds is 2. The fourth-order valence-corrected chi connectivity index (χ4v) is 2.38. The molecule has 0 spiro atoms. The molecule has 2 unspecified atom stereocenters. The second-order valence-corrected chi connectivity index (χ2v) is 4.29. The van der Waals surface area contributed by atoms with Gasteiger partial charge in [0, 0.05) is 18.9 Å². The first-order chi connectivity index (χ1) is 8.04. The minimum Gasteiger partial charge on any atom is -0.334 e. The van der Waals surface area contributed by atoms with Crippen LogP contribution in [0.15, 0.2) is 12.4 Å². The Morgan fingerprint density at radius 3 is 2.94 bits per heavy atom. The predicted molar refractivity (Wildman–Crippen MR) is 57.4 cm³/mol. The van der Waals surface area contributed by atoms with E-state index in [9.17, 15) is 13.2 Å². The number of hydrogen-bond acceptors (Lipinski definition) is 2. The fourth-order valence-electron chi connectivity index (χ4n) is 2.38. The first kappa shape index (κ1) is 12.4. The first-order valence-electron chi connectivity index (χ1n) is 5.85. The summed E-state index contributed by atoms with van der Waals surface area (Å²) in [5.74, 6) is -0.835. The van der Waals surface area contributed by atoms with Crippen LogP contribution in [0.25, 0.3) is 0 Å². The Morgan fingerprint density at radius 2 is 2.29 bits per heavy atom. The van der Waals surface area contributed by atoms with Crippen LogP contribution in [-0.2, 0) is 6.54 Å². The molecule has 1 aromatic heterocycles. The molecule has 1 fully saturated rings. The number of halogens is 3. The molecule has 0 saturated carbocycles. The maximum atomic E-state index is 12.9. The molecule has 2 atom stereocenters. The Labute approximate surface area is 98.0 Å². The van der Waals surface area contributed by atoms with Gasteiger partial charge in [0.1, 0.15) is 5.82 Å². The number of aryl methyl sites for hydroxylation is 1. The summed E-state index contributed by atoms with van der Waals surface area (Å²) < 4.78 is 40.6. The number of aromatic nitrogens is 2. The van der Waals surface area contributed by atoms with Crippen molar-refractivity contribution in [3.8, 4) is 0 Å². The molecule has 0 bridgehead atoms. The maximum Gasteiger partial charge on any atom is 0.393 e. The Morgan fingerprint density at radius 1 is 1.53 bits per heavy atom. The zero-order chi connectivity index (χ0) is 12.5. The maximum absolute atomic E-state index is 12.9. The van der Waals surface area contributed by atoms with Gasteiger partial charge in [-0.1, -0.05) is 0 Å². The van der Waals surface area contributed by atoms with Gasteiger partial charge in [0.25, 0.3) is 0 Å². The SMILES string of the molecule is CCn1ccnc1C1NCCCC1C(F)(F)F. The van der Waals surface area contributed by atoms with Gasteiger partial charge in [0.15, 0.2) is 0 Å². The van der Waals surface area contributed by atoms with Gasteiger partial charge in [-0.15, -0.1) is 0 Å². The van der Waals surface area contributed by atoms with Crippen molar-refractivity contribution in [3.63, 3.8) is 0 Å². The van der Waals surface area contributed by atoms with Crippen LogP contribution in [0.5, 0.6) is 0 Å². The third kappa shape index (κ3) is 2.46. The lowest BCUT2D eigenvalue weighted by atomic mass is 9.89. The van der Waals surface area contributed by atoms with Crippen LogP contribution < -0.4 is 5.32 Å². The summed E-state index contributed by atoms with van der Waals surface area (Å²) in [4.78, 5) is 4.07. The van der Waals surface area contributed by atoms with Crippen molar-refractivity contribution in [2.75, 3.05) is 6.54 Å². The highest BCUT2D eigenvalue weighted by Gasteiger charge is 2.47. The van der Waals surface area contributed by atoms with Gasteiger partial charge in [-0.2, -0.15) is 13.2 Å². The van der Waals surface area contributed by atoms with Crippen LogP contribution in [0, 0.1) is 5.92 Å². The Kier molecular flexibility index (Phi) is 3.42. The molecule has 1 aromatic rings. The minimum atomic E-state index is -4.16. The van der Waals surface area contributed by atoms with Crippen molar-refractivity contribution in [2.24, 2.45) is 5.92 Å². The van der Waals surface area contributed by atoms with Gasteiger partial charge in [0.2, 0.25) is 0 Å². The van der Waals surface area contributed by atoms with Crippen LogP contribution in [0.4, 0.5) is 13.2 Å². The van der Waals surface area contributed by atoms with E-state index in [-0.39, 0.29) is 6.42 Å². The summed E-state index contributed by atoms with van der Waals surface area (Å²) in [6, 6.07) is -0.710. The standard InChI is InChI=1S/C11H16F3N3/c1-2-17-7-6-16-10(17)9-8(11(12,13)14)4-3-5-15-9/h6-9,15H,2-5H2,1H3. The summed E-state index contributed by atoms with van der Waals surface area (Å²) in [6.07, 6.45) is -0.143. The molecule has 0 radical (unpaired) electrons. The van der Waals surface area contributed by atoms with Gasteiger partial charge in [-0.25, -0.2) is 4.98 Å². The zero-order valence-corrected chi connectivity index (χ0v) is 9.67. The first-order valence-corrected chi connectivity index (χ1v) is 5.85. The van der Waals surface area contributed by atoms with Crippen molar-refractivity contribution in [1.29, 1.82) is 0 Å². The highest BCUT2D eigenvalue weighted by atomic mass is 19.4. The van der Waals surface area contributed by atoms with Crippen LogP contribution in [-0.4, -0.2) is 22.3 Å². The molecule has 1 aliphatic heterocycles. The van der Waals surface area contributed by atoms with Gasteiger partial charge in [0.05, 0.1) is 12.0 Å². The summed E-state index contributed by atoms with van der Waals surface area (Å²) in [6.45, 7) is 3.16. The van der Waals surface area contributed by atoms with Crippen molar-refractivity contribution in [2.45, 2.75) is 38.5 Å². The molecular weight excluding hydrogens is 231 g/mol. The van der Waals surface area contributed by atoms with Gasteiger partial charge in [-0.05, 0) is 26.3 Å². The monoisotopic (exact) mass is 247 g/mol. The number of nitrogens with one attached hydrogen (secondary N) is 1. The van der Waals surface area contributed by atoms with E-state index in [2.05, 4.69) is 10.3 Å². The number of alkyl halides is 3. The molecule has 0 aliphatic carbocycles. The molecule has 0 aromatic carbocycles. The lowest BCUT2D eigenvalue weighted by molar-refractivity contribution is -0.189. The van der Waals surface area contributed by atoms with Crippen molar-refractivity contribution in [1.82, 2.24) is 14.9 Å². The molecule has 1 saturated heterocycles. The summed E-state index contributed by atoms with van der Waals surface area (Å²) in [5.41, 5.74) is 0. The van der Waals surface area contributed by atoms with Crippen molar-refractivity contribution in [3.05, 3.63) is 18.2 Å². The van der Waals surface area contributed by atoms with E-state index in [4.69, 9.17) is 0 Å². The molecule has 1 aliphatic rings. The Bertz CT molecular complexity index is 372. The van der Waals surface area contributed by atoms with Crippen molar-refractivity contribution >= 4 is 0 Å². The molecule has 96 valence electrons. The third-order valence-corrected chi connectivity index (χ3v) is 3.25. The number of hydrogen-bond donors (Lipinski definition) is 1.